The van der Waals surface area contributed by atoms with Crippen LogP contribution in [0.5, 0.6) is 5.75 Å². The van der Waals surface area contributed by atoms with Crippen molar-refractivity contribution in [3.05, 3.63) is 54.1 Å². The maximum atomic E-state index is 12.8. The molecule has 0 bridgehead atoms. The van der Waals surface area contributed by atoms with Crippen molar-refractivity contribution in [1.82, 2.24) is 0 Å². The number of benzene rings is 2. The van der Waals surface area contributed by atoms with E-state index in [1.54, 1.807) is 0 Å². The maximum Gasteiger partial charge on any atom is 0.206 e. The number of rotatable bonds is 5. The second-order valence-electron chi connectivity index (χ2n) is 6.14. The van der Waals surface area contributed by atoms with Gasteiger partial charge in [0.1, 0.15) is 5.75 Å². The van der Waals surface area contributed by atoms with E-state index >= 15 is 0 Å². The van der Waals surface area contributed by atoms with Crippen molar-refractivity contribution in [2.75, 3.05) is 36.0 Å². The van der Waals surface area contributed by atoms with Gasteiger partial charge < -0.3 is 14.5 Å². The van der Waals surface area contributed by atoms with E-state index in [4.69, 9.17) is 4.74 Å². The second kappa shape index (κ2) is 6.59. The quantitative estimate of drug-likeness (QED) is 0.786. The van der Waals surface area contributed by atoms with Crippen molar-refractivity contribution in [1.29, 1.82) is 0 Å². The topological polar surface area (TPSA) is 45.1 Å². The van der Waals surface area contributed by atoms with Gasteiger partial charge in [-0.15, -0.1) is 0 Å². The number of ether oxygens (including phenoxy) is 1. The van der Waals surface area contributed by atoms with Gasteiger partial charge in [-0.1, -0.05) is 12.1 Å². The van der Waals surface area contributed by atoms with Crippen LogP contribution in [-0.2, 0) is 0 Å². The molecular weight excluding hydrogens is 314 g/mol. The van der Waals surface area contributed by atoms with E-state index in [9.17, 15) is 4.79 Å². The second-order valence-corrected chi connectivity index (χ2v) is 6.14. The van der Waals surface area contributed by atoms with Crippen molar-refractivity contribution in [3.8, 4) is 5.75 Å². The fraction of sp³-hybridized carbons (Fsp3) is 0.300. The number of fused-ring (bicyclic) bond motifs is 3. The Kier molecular flexibility index (Phi) is 4.14. The molecule has 25 heavy (non-hydrogen) atoms. The molecule has 0 aliphatic carbocycles. The number of carbonyl (C=O) groups excluding carboxylic acids is 1. The average molecular weight is 335 g/mol. The van der Waals surface area contributed by atoms with E-state index in [-0.39, 0.29) is 5.78 Å². The van der Waals surface area contributed by atoms with E-state index in [1.165, 1.54) is 0 Å². The molecule has 2 aromatic carbocycles. The number of Topliss-reactive ketones (excluding diaryl/α,β-unsaturated/α-hetero) is 1. The minimum Gasteiger partial charge on any atom is -0.494 e. The Morgan fingerprint density at radius 1 is 1.12 bits per heavy atom. The monoisotopic (exact) mass is 335 g/mol. The van der Waals surface area contributed by atoms with Crippen LogP contribution in [0.1, 0.15) is 23.7 Å². The van der Waals surface area contributed by atoms with Gasteiger partial charge in [-0.05, 0) is 49.7 Å². The van der Waals surface area contributed by atoms with Crippen molar-refractivity contribution in [2.24, 2.45) is 4.99 Å². The third-order valence-corrected chi connectivity index (χ3v) is 4.53. The van der Waals surface area contributed by atoms with Gasteiger partial charge in [0.2, 0.25) is 5.96 Å². The van der Waals surface area contributed by atoms with Crippen LogP contribution in [0.15, 0.2) is 53.5 Å². The van der Waals surface area contributed by atoms with Gasteiger partial charge in [-0.25, -0.2) is 0 Å². The van der Waals surface area contributed by atoms with Crippen LogP contribution in [0.3, 0.4) is 0 Å². The van der Waals surface area contributed by atoms with E-state index in [0.29, 0.717) is 18.7 Å². The summed E-state index contributed by atoms with van der Waals surface area (Å²) in [6, 6.07) is 15.5. The third-order valence-electron chi connectivity index (χ3n) is 4.53. The fourth-order valence-corrected chi connectivity index (χ4v) is 3.38. The van der Waals surface area contributed by atoms with Crippen LogP contribution in [0, 0.1) is 0 Å². The van der Waals surface area contributed by atoms with E-state index in [1.807, 2.05) is 48.2 Å². The number of para-hydroxylation sites is 2. The van der Waals surface area contributed by atoms with Crippen LogP contribution in [0.4, 0.5) is 11.4 Å². The SMILES string of the molecule is CCOc1ccc(C(=O)CN2C3=NCCCN3c3ccccc32)cc1. The fourth-order valence-electron chi connectivity index (χ4n) is 3.38. The summed E-state index contributed by atoms with van der Waals surface area (Å²) in [5.41, 5.74) is 2.89. The summed E-state index contributed by atoms with van der Waals surface area (Å²) in [6.07, 6.45) is 1.04. The van der Waals surface area contributed by atoms with E-state index < -0.39 is 0 Å². The maximum absolute atomic E-state index is 12.8. The zero-order valence-electron chi connectivity index (χ0n) is 14.3. The highest BCUT2D eigenvalue weighted by atomic mass is 16.5. The minimum absolute atomic E-state index is 0.0768. The lowest BCUT2D eigenvalue weighted by Gasteiger charge is -2.26. The molecule has 0 fully saturated rings. The summed E-state index contributed by atoms with van der Waals surface area (Å²) in [7, 11) is 0. The van der Waals surface area contributed by atoms with Gasteiger partial charge in [0.25, 0.3) is 0 Å². The Morgan fingerprint density at radius 3 is 2.64 bits per heavy atom. The van der Waals surface area contributed by atoms with Gasteiger partial charge >= 0.3 is 0 Å². The zero-order chi connectivity index (χ0) is 17.2. The van der Waals surface area contributed by atoms with Crippen LogP contribution in [0.2, 0.25) is 0 Å². The number of anilines is 2. The molecule has 0 atom stereocenters. The normalized spacial score (nSPS) is 15.5. The van der Waals surface area contributed by atoms with Gasteiger partial charge in [-0.3, -0.25) is 9.79 Å². The lowest BCUT2D eigenvalue weighted by atomic mass is 10.1. The molecule has 0 saturated carbocycles. The minimum atomic E-state index is 0.0768. The molecular formula is C20H21N3O2. The smallest absolute Gasteiger partial charge is 0.206 e. The molecule has 5 heteroatoms. The highest BCUT2D eigenvalue weighted by Gasteiger charge is 2.34. The largest absolute Gasteiger partial charge is 0.494 e. The average Bonchev–Trinajstić information content (AvgIpc) is 2.97. The Bertz CT molecular complexity index is 814. The number of hydrogen-bond acceptors (Lipinski definition) is 5. The number of aliphatic imine (C=N–C) groups is 1. The molecule has 0 aromatic heterocycles. The van der Waals surface area contributed by atoms with E-state index in [2.05, 4.69) is 22.0 Å². The molecule has 5 nitrogen and oxygen atoms in total. The molecule has 128 valence electrons. The summed E-state index contributed by atoms with van der Waals surface area (Å²) in [4.78, 5) is 21.7. The standard InChI is InChI=1S/C20H21N3O2/c1-2-25-16-10-8-15(9-11-16)19(24)14-23-18-7-4-3-6-17(18)22-13-5-12-21-20(22)23/h3-4,6-11H,2,5,12-14H2,1H3. The Balaban J connectivity index is 1.59. The van der Waals surface area contributed by atoms with Crippen molar-refractivity contribution >= 4 is 23.1 Å². The van der Waals surface area contributed by atoms with Crippen LogP contribution in [0.25, 0.3) is 0 Å². The molecule has 0 unspecified atom stereocenters. The van der Waals surface area contributed by atoms with E-state index in [0.717, 1.165) is 42.6 Å². The lowest BCUT2D eigenvalue weighted by molar-refractivity contribution is 0.100. The molecule has 0 spiro atoms. The molecule has 2 aliphatic rings. The molecule has 2 aromatic rings. The Labute approximate surface area is 147 Å². The van der Waals surface area contributed by atoms with Gasteiger partial charge in [0, 0.05) is 18.7 Å². The molecule has 2 aliphatic heterocycles. The number of ketones is 1. The summed E-state index contributed by atoms with van der Waals surface area (Å²) >= 11 is 0. The third kappa shape index (κ3) is 2.86. The summed E-state index contributed by atoms with van der Waals surface area (Å²) in [5, 5.41) is 0. The predicted molar refractivity (Wildman–Crippen MR) is 100.0 cm³/mol. The zero-order valence-corrected chi connectivity index (χ0v) is 14.3. The van der Waals surface area contributed by atoms with Crippen LogP contribution in [-0.4, -0.2) is 38.0 Å². The molecule has 0 amide bonds. The molecule has 0 N–H and O–H groups in total. The molecule has 4 rings (SSSR count). The number of hydrogen-bond donors (Lipinski definition) is 0. The van der Waals surface area contributed by atoms with Gasteiger partial charge in [0.05, 0.1) is 24.5 Å². The summed E-state index contributed by atoms with van der Waals surface area (Å²) in [5.74, 6) is 1.76. The first-order valence-electron chi connectivity index (χ1n) is 8.72. The number of carbonyl (C=O) groups is 1. The van der Waals surface area contributed by atoms with Gasteiger partial charge in [0.15, 0.2) is 5.78 Å². The first-order valence-corrected chi connectivity index (χ1v) is 8.72. The van der Waals surface area contributed by atoms with Crippen LogP contribution >= 0.6 is 0 Å². The van der Waals surface area contributed by atoms with Crippen LogP contribution < -0.4 is 14.5 Å². The summed E-state index contributed by atoms with van der Waals surface area (Å²) < 4.78 is 5.44. The molecule has 2 heterocycles. The highest BCUT2D eigenvalue weighted by Crippen LogP contribution is 2.38. The Morgan fingerprint density at radius 2 is 1.88 bits per heavy atom. The molecule has 0 saturated heterocycles. The lowest BCUT2D eigenvalue weighted by Crippen LogP contribution is -2.43. The molecule has 0 radical (unpaired) electrons. The first kappa shape index (κ1) is 15.7. The van der Waals surface area contributed by atoms with Crippen molar-refractivity contribution in [2.45, 2.75) is 13.3 Å². The van der Waals surface area contributed by atoms with Gasteiger partial charge in [-0.2, -0.15) is 0 Å². The predicted octanol–water partition coefficient (Wildman–Crippen LogP) is 3.35. The van der Waals surface area contributed by atoms with Crippen molar-refractivity contribution < 1.29 is 9.53 Å². The number of guanidine groups is 1. The number of nitrogens with zero attached hydrogens (tertiary/aromatic N) is 3. The summed E-state index contributed by atoms with van der Waals surface area (Å²) in [6.45, 7) is 4.62. The Hall–Kier alpha value is -2.82. The highest BCUT2D eigenvalue weighted by molar-refractivity contribution is 6.19. The van der Waals surface area contributed by atoms with Crippen molar-refractivity contribution in [3.63, 3.8) is 0 Å². The first-order chi connectivity index (χ1) is 12.3.